The lowest BCUT2D eigenvalue weighted by Crippen LogP contribution is -2.32. The number of hydrogen-bond acceptors (Lipinski definition) is 1. The summed E-state index contributed by atoms with van der Waals surface area (Å²) in [6.07, 6.45) is 0.865. The van der Waals surface area contributed by atoms with E-state index in [1.165, 1.54) is 18.6 Å². The number of alkyl halides is 3. The highest BCUT2D eigenvalue weighted by molar-refractivity contribution is 6.30. The van der Waals surface area contributed by atoms with Gasteiger partial charge in [0.1, 0.15) is 0 Å². The molecular formula is C15H19ClF3N. The summed E-state index contributed by atoms with van der Waals surface area (Å²) in [6, 6.07) is 4.05. The Balaban J connectivity index is 2.24. The van der Waals surface area contributed by atoms with Crippen LogP contribution in [0.4, 0.5) is 18.9 Å². The second-order valence-corrected chi connectivity index (χ2v) is 5.83. The molecule has 0 amide bonds. The van der Waals surface area contributed by atoms with Gasteiger partial charge in [-0.3, -0.25) is 0 Å². The zero-order chi connectivity index (χ0) is 14.8. The van der Waals surface area contributed by atoms with Crippen LogP contribution in [-0.2, 0) is 6.18 Å². The van der Waals surface area contributed by atoms with Crippen LogP contribution in [0.2, 0.25) is 5.02 Å². The first-order valence-electron chi connectivity index (χ1n) is 7.05. The Morgan fingerprint density at radius 2 is 1.95 bits per heavy atom. The van der Waals surface area contributed by atoms with Gasteiger partial charge in [-0.1, -0.05) is 37.8 Å². The number of anilines is 1. The van der Waals surface area contributed by atoms with E-state index in [1.807, 2.05) is 0 Å². The molecule has 2 rings (SSSR count). The van der Waals surface area contributed by atoms with Crippen molar-refractivity contribution in [3.63, 3.8) is 0 Å². The van der Waals surface area contributed by atoms with Crippen molar-refractivity contribution in [2.24, 2.45) is 5.92 Å². The van der Waals surface area contributed by atoms with E-state index in [1.54, 1.807) is 0 Å². The van der Waals surface area contributed by atoms with Crippen LogP contribution in [0.1, 0.15) is 44.6 Å². The summed E-state index contributed by atoms with van der Waals surface area (Å²) in [7, 11) is 0. The summed E-state index contributed by atoms with van der Waals surface area (Å²) in [5.41, 5.74) is -0.530. The van der Waals surface area contributed by atoms with E-state index in [0.717, 1.165) is 31.7 Å². The number of benzene rings is 1. The number of nitrogens with one attached hydrogen (secondary N) is 1. The summed E-state index contributed by atoms with van der Waals surface area (Å²) in [5.74, 6) is 0.445. The largest absolute Gasteiger partial charge is 0.418 e. The molecule has 1 aliphatic rings. The third kappa shape index (κ3) is 3.60. The van der Waals surface area contributed by atoms with Crippen LogP contribution in [0.15, 0.2) is 18.2 Å². The lowest BCUT2D eigenvalue weighted by molar-refractivity contribution is -0.137. The van der Waals surface area contributed by atoms with Crippen LogP contribution < -0.4 is 5.32 Å². The van der Waals surface area contributed by atoms with E-state index in [2.05, 4.69) is 12.2 Å². The van der Waals surface area contributed by atoms with Gasteiger partial charge in [0, 0.05) is 16.8 Å². The highest BCUT2D eigenvalue weighted by Crippen LogP contribution is 2.38. The second-order valence-electron chi connectivity index (χ2n) is 5.39. The average Bonchev–Trinajstić information content (AvgIpc) is 2.40. The summed E-state index contributed by atoms with van der Waals surface area (Å²) < 4.78 is 39.2. The molecule has 5 heteroatoms. The molecule has 112 valence electrons. The zero-order valence-electron chi connectivity index (χ0n) is 11.4. The Labute approximate surface area is 122 Å². The molecule has 0 aliphatic heterocycles. The molecule has 0 bridgehead atoms. The Kier molecular flexibility index (Phi) is 4.84. The second kappa shape index (κ2) is 6.25. The normalized spacial score (nSPS) is 23.6. The number of hydrogen-bond donors (Lipinski definition) is 1. The molecule has 0 heterocycles. The fourth-order valence-corrected chi connectivity index (χ4v) is 3.14. The highest BCUT2D eigenvalue weighted by atomic mass is 35.5. The van der Waals surface area contributed by atoms with Crippen molar-refractivity contribution in [3.05, 3.63) is 28.8 Å². The minimum absolute atomic E-state index is 0.110. The highest BCUT2D eigenvalue weighted by Gasteiger charge is 2.35. The number of rotatable bonds is 3. The molecule has 0 aromatic heterocycles. The summed E-state index contributed by atoms with van der Waals surface area (Å²) in [6.45, 7) is 2.09. The molecule has 1 nitrogen and oxygen atoms in total. The Hall–Kier alpha value is -0.900. The molecular weight excluding hydrogens is 287 g/mol. The molecule has 0 spiro atoms. The van der Waals surface area contributed by atoms with Gasteiger partial charge in [0.25, 0.3) is 0 Å². The van der Waals surface area contributed by atoms with Gasteiger partial charge in [0.15, 0.2) is 0 Å². The monoisotopic (exact) mass is 305 g/mol. The standard InChI is InChI=1S/C15H19ClF3N/c1-2-10-5-3-4-6-13(10)20-14-8-7-11(16)9-12(14)15(17,18)19/h7-10,13,20H,2-6H2,1H3. The molecule has 1 N–H and O–H groups in total. The van der Waals surface area contributed by atoms with Gasteiger partial charge in [0.05, 0.1) is 5.56 Å². The first-order chi connectivity index (χ1) is 9.41. The molecule has 1 aromatic rings. The van der Waals surface area contributed by atoms with E-state index < -0.39 is 11.7 Å². The van der Waals surface area contributed by atoms with Gasteiger partial charge in [-0.2, -0.15) is 13.2 Å². The van der Waals surface area contributed by atoms with Crippen molar-refractivity contribution in [1.82, 2.24) is 0 Å². The summed E-state index contributed by atoms with van der Waals surface area (Å²) in [5, 5.41) is 3.22. The molecule has 1 saturated carbocycles. The van der Waals surface area contributed by atoms with Crippen LogP contribution in [0.25, 0.3) is 0 Å². The van der Waals surface area contributed by atoms with E-state index in [4.69, 9.17) is 11.6 Å². The van der Waals surface area contributed by atoms with Crippen molar-refractivity contribution < 1.29 is 13.2 Å². The first kappa shape index (κ1) is 15.5. The molecule has 0 saturated heterocycles. The van der Waals surface area contributed by atoms with Crippen molar-refractivity contribution in [3.8, 4) is 0 Å². The first-order valence-corrected chi connectivity index (χ1v) is 7.43. The molecule has 1 aliphatic carbocycles. The lowest BCUT2D eigenvalue weighted by atomic mass is 9.82. The maximum Gasteiger partial charge on any atom is 0.418 e. The van der Waals surface area contributed by atoms with Crippen molar-refractivity contribution >= 4 is 17.3 Å². The van der Waals surface area contributed by atoms with Crippen LogP contribution in [0.3, 0.4) is 0 Å². The topological polar surface area (TPSA) is 12.0 Å². The zero-order valence-corrected chi connectivity index (χ0v) is 12.2. The van der Waals surface area contributed by atoms with Gasteiger partial charge >= 0.3 is 6.18 Å². The average molecular weight is 306 g/mol. The Morgan fingerprint density at radius 3 is 2.60 bits per heavy atom. The summed E-state index contributed by atoms with van der Waals surface area (Å²) >= 11 is 5.69. The fraction of sp³-hybridized carbons (Fsp3) is 0.600. The van der Waals surface area contributed by atoms with Gasteiger partial charge in [-0.25, -0.2) is 0 Å². The van der Waals surface area contributed by atoms with Gasteiger partial charge in [-0.05, 0) is 37.0 Å². The third-order valence-corrected chi connectivity index (χ3v) is 4.30. The maximum atomic E-state index is 13.1. The third-order valence-electron chi connectivity index (χ3n) is 4.06. The van der Waals surface area contributed by atoms with E-state index >= 15 is 0 Å². The lowest BCUT2D eigenvalue weighted by Gasteiger charge is -2.33. The van der Waals surface area contributed by atoms with Crippen molar-refractivity contribution in [2.45, 2.75) is 51.2 Å². The molecule has 2 atom stereocenters. The predicted octanol–water partition coefficient (Wildman–Crippen LogP) is 5.74. The molecule has 1 fully saturated rings. The molecule has 2 unspecified atom stereocenters. The van der Waals surface area contributed by atoms with Crippen molar-refractivity contribution in [1.29, 1.82) is 0 Å². The van der Waals surface area contributed by atoms with Crippen LogP contribution in [0, 0.1) is 5.92 Å². The van der Waals surface area contributed by atoms with Crippen molar-refractivity contribution in [2.75, 3.05) is 5.32 Å². The van der Waals surface area contributed by atoms with Gasteiger partial charge < -0.3 is 5.32 Å². The van der Waals surface area contributed by atoms with Gasteiger partial charge in [-0.15, -0.1) is 0 Å². The molecule has 20 heavy (non-hydrogen) atoms. The van der Waals surface area contributed by atoms with Crippen LogP contribution in [-0.4, -0.2) is 6.04 Å². The van der Waals surface area contributed by atoms with E-state index in [9.17, 15) is 13.2 Å². The smallest absolute Gasteiger partial charge is 0.382 e. The summed E-state index contributed by atoms with van der Waals surface area (Å²) in [4.78, 5) is 0. The maximum absolute atomic E-state index is 13.1. The van der Waals surface area contributed by atoms with Crippen LogP contribution in [0.5, 0.6) is 0 Å². The number of halogens is 4. The van der Waals surface area contributed by atoms with Gasteiger partial charge in [0.2, 0.25) is 0 Å². The SMILES string of the molecule is CCC1CCCCC1Nc1ccc(Cl)cc1C(F)(F)F. The predicted molar refractivity (Wildman–Crippen MR) is 76.1 cm³/mol. The fourth-order valence-electron chi connectivity index (χ4n) is 2.96. The quantitative estimate of drug-likeness (QED) is 0.751. The van der Waals surface area contributed by atoms with E-state index in [0.29, 0.717) is 5.92 Å². The minimum Gasteiger partial charge on any atom is -0.382 e. The Bertz CT molecular complexity index is 459. The Morgan fingerprint density at radius 1 is 1.25 bits per heavy atom. The molecule has 0 radical (unpaired) electrons. The van der Waals surface area contributed by atoms with Crippen LogP contribution >= 0.6 is 11.6 Å². The minimum atomic E-state index is -4.39. The molecule has 1 aromatic carbocycles. The van der Waals surface area contributed by atoms with E-state index in [-0.39, 0.29) is 16.8 Å².